The Labute approximate surface area is 103 Å². The van der Waals surface area contributed by atoms with Gasteiger partial charge in [-0.3, -0.25) is 9.11 Å². The van der Waals surface area contributed by atoms with Crippen LogP contribution in [0, 0.1) is 0 Å². The van der Waals surface area contributed by atoms with E-state index >= 15 is 0 Å². The predicted octanol–water partition coefficient (Wildman–Crippen LogP) is -0.346. The molecule has 48 valence electrons. The second kappa shape index (κ2) is 9.13. The molecule has 0 aromatic rings. The quantitative estimate of drug-likeness (QED) is 0.361. The minimum Gasteiger partial charge on any atom is -1.00 e. The Balaban J connectivity index is -0.00000000381. The standard InChI is InChI=1S/HI.2Mg.H2O4S.4H/c;;;1-5(2,3)4;;;;/h1H;;;(H2,1,2,3,4);;;;/q;2*+2;;4*-1. The van der Waals surface area contributed by atoms with Gasteiger partial charge in [-0.25, -0.2) is 0 Å². The Hall–Kier alpha value is 2.13. The van der Waals surface area contributed by atoms with E-state index in [0.29, 0.717) is 0 Å². The maximum Gasteiger partial charge on any atom is 2.00 e. The van der Waals surface area contributed by atoms with Crippen molar-refractivity contribution in [3.05, 3.63) is 0 Å². The third kappa shape index (κ3) is 91.0. The number of rotatable bonds is 0. The first kappa shape index (κ1) is 22.5. The summed E-state index contributed by atoms with van der Waals surface area (Å²) in [6.07, 6.45) is 0. The fourth-order valence-corrected chi connectivity index (χ4v) is 0. The van der Waals surface area contributed by atoms with E-state index in [4.69, 9.17) is 17.5 Å². The molecule has 2 N–H and O–H groups in total. The molecule has 0 aromatic heterocycles. The summed E-state index contributed by atoms with van der Waals surface area (Å²) in [7, 11) is -4.67. The first-order valence-corrected chi connectivity index (χ1v) is 2.10. The van der Waals surface area contributed by atoms with Crippen molar-refractivity contribution in [1.82, 2.24) is 0 Å². The summed E-state index contributed by atoms with van der Waals surface area (Å²) in [4.78, 5) is 0. The molecule has 0 aliphatic carbocycles. The molecule has 0 rings (SSSR count). The topological polar surface area (TPSA) is 74.6 Å². The molecule has 0 aliphatic rings. The van der Waals surface area contributed by atoms with E-state index in [1.165, 1.54) is 0 Å². The zero-order chi connectivity index (χ0) is 4.50. The summed E-state index contributed by atoms with van der Waals surface area (Å²) in [5.74, 6) is 0. The van der Waals surface area contributed by atoms with Crippen LogP contribution >= 0.6 is 24.0 Å². The molecule has 0 fully saturated rings. The zero-order valence-corrected chi connectivity index (χ0v) is 9.92. The largest absolute Gasteiger partial charge is 2.00 e. The van der Waals surface area contributed by atoms with Crippen LogP contribution in [0.2, 0.25) is 0 Å². The third-order valence-electron chi connectivity index (χ3n) is 0. The molecule has 0 atom stereocenters. The van der Waals surface area contributed by atoms with E-state index in [1.807, 2.05) is 0 Å². The second-order valence-corrected chi connectivity index (χ2v) is 1.34. The van der Waals surface area contributed by atoms with Gasteiger partial charge in [0.25, 0.3) is 0 Å². The van der Waals surface area contributed by atoms with Gasteiger partial charge in [0.2, 0.25) is 0 Å². The predicted molar refractivity (Wildman–Crippen MR) is 45.5 cm³/mol. The van der Waals surface area contributed by atoms with Gasteiger partial charge in [-0.1, -0.05) is 0 Å². The molecule has 8 heavy (non-hydrogen) atoms. The van der Waals surface area contributed by atoms with E-state index < -0.39 is 10.4 Å². The first-order valence-electron chi connectivity index (χ1n) is 0.698. The van der Waals surface area contributed by atoms with Gasteiger partial charge in [-0.2, -0.15) is 8.42 Å². The Morgan fingerprint density at radius 2 is 1.12 bits per heavy atom. The van der Waals surface area contributed by atoms with Gasteiger partial charge >= 0.3 is 56.5 Å². The number of hydrogen-bond acceptors (Lipinski definition) is 2. The molecule has 8 heteroatoms. The fourth-order valence-electron chi connectivity index (χ4n) is 0. The zero-order valence-electron chi connectivity index (χ0n) is 7.94. The maximum atomic E-state index is 8.74. The van der Waals surface area contributed by atoms with Crippen molar-refractivity contribution in [2.24, 2.45) is 0 Å². The van der Waals surface area contributed by atoms with Crippen molar-refractivity contribution in [3.8, 4) is 0 Å². The molecule has 0 aromatic carbocycles. The van der Waals surface area contributed by atoms with Gasteiger partial charge in [0.15, 0.2) is 0 Å². The molecule has 0 bridgehead atoms. The van der Waals surface area contributed by atoms with E-state index in [9.17, 15) is 0 Å². The van der Waals surface area contributed by atoms with Crippen LogP contribution in [0.25, 0.3) is 0 Å². The van der Waals surface area contributed by atoms with E-state index in [0.717, 1.165) is 0 Å². The molecule has 0 saturated carbocycles. The van der Waals surface area contributed by atoms with Crippen molar-refractivity contribution in [3.63, 3.8) is 0 Å². The van der Waals surface area contributed by atoms with Crippen LogP contribution in [0.15, 0.2) is 0 Å². The molecule has 0 amide bonds. The van der Waals surface area contributed by atoms with Gasteiger partial charge in [-0.15, -0.1) is 24.0 Å². The van der Waals surface area contributed by atoms with E-state index in [-0.39, 0.29) is 75.8 Å². The maximum absolute atomic E-state index is 8.74. The van der Waals surface area contributed by atoms with Gasteiger partial charge in [0.1, 0.15) is 0 Å². The summed E-state index contributed by atoms with van der Waals surface area (Å²) in [5, 5.41) is 0. The Morgan fingerprint density at radius 3 is 1.12 bits per heavy atom. The molecule has 0 unspecified atom stereocenters. The summed E-state index contributed by atoms with van der Waals surface area (Å²) in [6.45, 7) is 0. The van der Waals surface area contributed by atoms with Crippen LogP contribution in [0.3, 0.4) is 0 Å². The smallest absolute Gasteiger partial charge is 1.00 e. The van der Waals surface area contributed by atoms with Crippen LogP contribution in [-0.4, -0.2) is 63.6 Å². The van der Waals surface area contributed by atoms with Crippen LogP contribution < -0.4 is 0 Å². The molecular formula is H7IMg2O4S. The van der Waals surface area contributed by atoms with Crippen molar-refractivity contribution < 1.29 is 23.2 Å². The summed E-state index contributed by atoms with van der Waals surface area (Å²) in [6, 6.07) is 0. The Kier molecular flexibility index (Phi) is 25.7. The van der Waals surface area contributed by atoms with E-state index in [2.05, 4.69) is 0 Å². The number of hydrogen-bond donors (Lipinski definition) is 2. The van der Waals surface area contributed by atoms with Crippen molar-refractivity contribution in [1.29, 1.82) is 0 Å². The fraction of sp³-hybridized carbons (Fsp3) is 0. The molecule has 0 heterocycles. The average Bonchev–Trinajstić information content (AvgIpc) is 0.722. The molecule has 0 spiro atoms. The van der Waals surface area contributed by atoms with Crippen LogP contribution in [-0.2, 0) is 10.4 Å². The normalized spacial score (nSPS) is 7.25. The number of halogens is 1. The molecule has 0 saturated heterocycles. The first-order chi connectivity index (χ1) is 2.00. The molecule has 0 radical (unpaired) electrons. The van der Waals surface area contributed by atoms with Crippen molar-refractivity contribution in [2.45, 2.75) is 0 Å². The minimum absolute atomic E-state index is 0. The van der Waals surface area contributed by atoms with E-state index in [1.54, 1.807) is 0 Å². The van der Waals surface area contributed by atoms with Crippen molar-refractivity contribution >= 4 is 80.5 Å². The van der Waals surface area contributed by atoms with Gasteiger partial charge in [0.05, 0.1) is 0 Å². The van der Waals surface area contributed by atoms with Crippen molar-refractivity contribution in [2.75, 3.05) is 0 Å². The van der Waals surface area contributed by atoms with Crippen LogP contribution in [0.4, 0.5) is 0 Å². The average molecular weight is 279 g/mol. The SMILES string of the molecule is I.O=S(=O)(O)O.[H-].[H-].[H-].[H-].[Mg+2].[Mg+2]. The molecular weight excluding hydrogens is 272 g/mol. The Morgan fingerprint density at radius 1 is 1.12 bits per heavy atom. The summed E-state index contributed by atoms with van der Waals surface area (Å²) >= 11 is 0. The van der Waals surface area contributed by atoms with Gasteiger partial charge in [0, 0.05) is 0 Å². The summed E-state index contributed by atoms with van der Waals surface area (Å²) < 4.78 is 31.6. The van der Waals surface area contributed by atoms with Crippen LogP contribution in [0.1, 0.15) is 5.71 Å². The van der Waals surface area contributed by atoms with Crippen LogP contribution in [0.5, 0.6) is 0 Å². The second-order valence-electron chi connectivity index (χ2n) is 0.448. The van der Waals surface area contributed by atoms with Gasteiger partial charge < -0.3 is 5.71 Å². The minimum atomic E-state index is -4.67. The Bertz CT molecular complexity index is 108. The molecule has 4 nitrogen and oxygen atoms in total. The summed E-state index contributed by atoms with van der Waals surface area (Å²) in [5.41, 5.74) is 0. The monoisotopic (exact) mass is 278 g/mol. The molecule has 0 aliphatic heterocycles. The van der Waals surface area contributed by atoms with Gasteiger partial charge in [-0.05, 0) is 0 Å². The third-order valence-corrected chi connectivity index (χ3v) is 0.